The van der Waals surface area contributed by atoms with Gasteiger partial charge in [0.15, 0.2) is 0 Å². The zero-order chi connectivity index (χ0) is 13.9. The molecule has 0 unspecified atom stereocenters. The van der Waals surface area contributed by atoms with Gasteiger partial charge in [-0.25, -0.2) is 13.1 Å². The highest BCUT2D eigenvalue weighted by Crippen LogP contribution is 2.23. The molecular weight excluding hydrogens is 264 g/mol. The minimum atomic E-state index is -3.48. The molecule has 0 spiro atoms. The maximum atomic E-state index is 12.3. The Kier molecular flexibility index (Phi) is 4.13. The van der Waals surface area contributed by atoms with E-state index in [4.69, 9.17) is 4.74 Å². The van der Waals surface area contributed by atoms with E-state index in [1.807, 2.05) is 6.92 Å². The average Bonchev–Trinajstić information content (AvgIpc) is 2.38. The fraction of sp³-hybridized carbons (Fsp3) is 0.538. The van der Waals surface area contributed by atoms with Crippen LogP contribution in [0.4, 0.5) is 5.69 Å². The number of ether oxygens (including phenoxy) is 1. The molecule has 1 saturated heterocycles. The van der Waals surface area contributed by atoms with Gasteiger partial charge in [0.1, 0.15) is 0 Å². The van der Waals surface area contributed by atoms with Crippen molar-refractivity contribution in [3.63, 3.8) is 0 Å². The van der Waals surface area contributed by atoms with E-state index in [0.29, 0.717) is 31.0 Å². The summed E-state index contributed by atoms with van der Waals surface area (Å²) in [4.78, 5) is 0.291. The average molecular weight is 284 g/mol. The van der Waals surface area contributed by atoms with Gasteiger partial charge in [-0.05, 0) is 44.0 Å². The van der Waals surface area contributed by atoms with Gasteiger partial charge in [0, 0.05) is 31.5 Å². The van der Waals surface area contributed by atoms with Crippen molar-refractivity contribution in [2.24, 2.45) is 0 Å². The first-order valence-corrected chi connectivity index (χ1v) is 7.83. The highest BCUT2D eigenvalue weighted by Gasteiger charge is 2.32. The quantitative estimate of drug-likeness (QED) is 0.881. The van der Waals surface area contributed by atoms with Crippen molar-refractivity contribution in [3.8, 4) is 0 Å². The second kappa shape index (κ2) is 5.48. The number of benzene rings is 1. The van der Waals surface area contributed by atoms with E-state index in [-0.39, 0.29) is 0 Å². The number of hydrogen-bond acceptors (Lipinski definition) is 4. The predicted octanol–water partition coefficient (Wildman–Crippen LogP) is 1.58. The van der Waals surface area contributed by atoms with Crippen molar-refractivity contribution in [2.75, 3.05) is 25.6 Å². The first-order valence-electron chi connectivity index (χ1n) is 6.35. The summed E-state index contributed by atoms with van der Waals surface area (Å²) in [5, 5.41) is 2.96. The summed E-state index contributed by atoms with van der Waals surface area (Å²) in [5.41, 5.74) is 0.468. The van der Waals surface area contributed by atoms with E-state index in [2.05, 4.69) is 10.0 Å². The highest BCUT2D eigenvalue weighted by molar-refractivity contribution is 7.89. The summed E-state index contributed by atoms with van der Waals surface area (Å²) in [6, 6.07) is 6.72. The third-order valence-electron chi connectivity index (χ3n) is 3.43. The summed E-state index contributed by atoms with van der Waals surface area (Å²) in [6.45, 7) is 3.12. The molecule has 0 amide bonds. The molecule has 1 fully saturated rings. The van der Waals surface area contributed by atoms with Gasteiger partial charge < -0.3 is 10.1 Å². The highest BCUT2D eigenvalue weighted by atomic mass is 32.2. The summed E-state index contributed by atoms with van der Waals surface area (Å²) >= 11 is 0. The fourth-order valence-electron chi connectivity index (χ4n) is 2.11. The van der Waals surface area contributed by atoms with E-state index in [0.717, 1.165) is 5.69 Å². The molecule has 0 atom stereocenters. The maximum Gasteiger partial charge on any atom is 0.241 e. The van der Waals surface area contributed by atoms with Crippen molar-refractivity contribution in [1.82, 2.24) is 4.72 Å². The van der Waals surface area contributed by atoms with Crippen molar-refractivity contribution in [3.05, 3.63) is 24.3 Å². The number of sulfonamides is 1. The van der Waals surface area contributed by atoms with Crippen molar-refractivity contribution in [2.45, 2.75) is 30.2 Å². The Labute approximate surface area is 114 Å². The van der Waals surface area contributed by atoms with E-state index in [1.54, 1.807) is 31.3 Å². The molecule has 19 heavy (non-hydrogen) atoms. The minimum Gasteiger partial charge on any atom is -0.388 e. The van der Waals surface area contributed by atoms with E-state index in [9.17, 15) is 8.42 Å². The van der Waals surface area contributed by atoms with Crippen molar-refractivity contribution < 1.29 is 13.2 Å². The van der Waals surface area contributed by atoms with E-state index >= 15 is 0 Å². The van der Waals surface area contributed by atoms with Crippen LogP contribution in [0, 0.1) is 0 Å². The van der Waals surface area contributed by atoms with Crippen LogP contribution >= 0.6 is 0 Å². The summed E-state index contributed by atoms with van der Waals surface area (Å²) in [5.74, 6) is 0. The zero-order valence-electron chi connectivity index (χ0n) is 11.3. The molecule has 0 bridgehead atoms. The smallest absolute Gasteiger partial charge is 0.241 e. The fourth-order valence-corrected chi connectivity index (χ4v) is 3.57. The van der Waals surface area contributed by atoms with Gasteiger partial charge in [0.25, 0.3) is 0 Å². The Morgan fingerprint density at radius 3 is 2.26 bits per heavy atom. The lowest BCUT2D eigenvalue weighted by Gasteiger charge is -2.34. The third-order valence-corrected chi connectivity index (χ3v) is 5.08. The topological polar surface area (TPSA) is 67.4 Å². The van der Waals surface area contributed by atoms with Crippen LogP contribution in [0.3, 0.4) is 0 Å². The minimum absolute atomic E-state index is 0.291. The molecule has 0 saturated carbocycles. The second-order valence-corrected chi connectivity index (χ2v) is 6.74. The normalized spacial score (nSPS) is 19.1. The molecule has 2 rings (SSSR count). The van der Waals surface area contributed by atoms with Crippen LogP contribution in [0.15, 0.2) is 29.2 Å². The molecule has 5 nitrogen and oxygen atoms in total. The largest absolute Gasteiger partial charge is 0.388 e. The Morgan fingerprint density at radius 2 is 1.74 bits per heavy atom. The van der Waals surface area contributed by atoms with Crippen LogP contribution in [-0.4, -0.2) is 34.2 Å². The summed E-state index contributed by atoms with van der Waals surface area (Å²) in [6.07, 6.45) is 1.39. The number of rotatable bonds is 4. The van der Waals surface area contributed by atoms with E-state index in [1.165, 1.54) is 0 Å². The third kappa shape index (κ3) is 3.46. The first kappa shape index (κ1) is 14.3. The predicted molar refractivity (Wildman–Crippen MR) is 74.8 cm³/mol. The lowest BCUT2D eigenvalue weighted by molar-refractivity contribution is 0.0537. The first-order chi connectivity index (χ1) is 8.95. The number of nitrogens with one attached hydrogen (secondary N) is 2. The van der Waals surface area contributed by atoms with Gasteiger partial charge in [-0.3, -0.25) is 0 Å². The molecule has 0 aromatic heterocycles. The Morgan fingerprint density at radius 1 is 1.16 bits per heavy atom. The van der Waals surface area contributed by atoms with E-state index < -0.39 is 15.6 Å². The van der Waals surface area contributed by atoms with Gasteiger partial charge in [0.05, 0.1) is 4.90 Å². The van der Waals surface area contributed by atoms with Crippen molar-refractivity contribution >= 4 is 15.7 Å². The van der Waals surface area contributed by atoms with Crippen LogP contribution in [0.25, 0.3) is 0 Å². The van der Waals surface area contributed by atoms with Gasteiger partial charge in [0.2, 0.25) is 10.0 Å². The molecule has 0 radical (unpaired) electrons. The molecule has 0 aliphatic carbocycles. The molecule has 1 aliphatic rings. The maximum absolute atomic E-state index is 12.3. The van der Waals surface area contributed by atoms with Crippen molar-refractivity contribution in [1.29, 1.82) is 0 Å². The van der Waals surface area contributed by atoms with Crippen LogP contribution in [0.1, 0.15) is 19.8 Å². The number of hydrogen-bond donors (Lipinski definition) is 2. The molecule has 1 heterocycles. The van der Waals surface area contributed by atoms with Crippen LogP contribution in [0.2, 0.25) is 0 Å². The molecule has 1 aliphatic heterocycles. The van der Waals surface area contributed by atoms with Gasteiger partial charge in [-0.2, -0.15) is 0 Å². The Balaban J connectivity index is 2.17. The summed E-state index contributed by atoms with van der Waals surface area (Å²) < 4.78 is 32.7. The van der Waals surface area contributed by atoms with Crippen LogP contribution in [-0.2, 0) is 14.8 Å². The van der Waals surface area contributed by atoms with Gasteiger partial charge >= 0.3 is 0 Å². The number of anilines is 1. The van der Waals surface area contributed by atoms with Gasteiger partial charge in [-0.1, -0.05) is 0 Å². The summed E-state index contributed by atoms with van der Waals surface area (Å²) in [7, 11) is -1.68. The lowest BCUT2D eigenvalue weighted by atomic mass is 9.94. The standard InChI is InChI=1S/C13H20N2O3S/c1-13(7-9-18-10-8-13)15-19(16,17)12-5-3-11(14-2)4-6-12/h3-6,14-15H,7-10H2,1-2H3. The Bertz CT molecular complexity index is 519. The molecule has 1 aromatic rings. The second-order valence-electron chi connectivity index (χ2n) is 5.05. The zero-order valence-corrected chi connectivity index (χ0v) is 12.1. The van der Waals surface area contributed by atoms with Crippen LogP contribution in [0.5, 0.6) is 0 Å². The Hall–Kier alpha value is -1.11. The monoisotopic (exact) mass is 284 g/mol. The lowest BCUT2D eigenvalue weighted by Crippen LogP contribution is -2.49. The molecule has 2 N–H and O–H groups in total. The van der Waals surface area contributed by atoms with Gasteiger partial charge in [-0.15, -0.1) is 0 Å². The SMILES string of the molecule is CNc1ccc(S(=O)(=O)NC2(C)CCOCC2)cc1. The molecule has 106 valence electrons. The molecule has 6 heteroatoms. The van der Waals surface area contributed by atoms with Crippen LogP contribution < -0.4 is 10.0 Å². The molecular formula is C13H20N2O3S. The molecule has 1 aromatic carbocycles.